The largest absolute Gasteiger partial charge is 0.435 e. The molecule has 0 bridgehead atoms. The molecule has 1 aromatic carbocycles. The molecule has 0 saturated heterocycles. The number of nitro benzene ring substituents is 1. The highest BCUT2D eigenvalue weighted by Crippen LogP contribution is 2.39. The first-order valence-corrected chi connectivity index (χ1v) is 6.91. The molecule has 20 heavy (non-hydrogen) atoms. The van der Waals surface area contributed by atoms with Gasteiger partial charge in [0.05, 0.1) is 26.3 Å². The molecule has 1 N–H and O–H groups in total. The molecule has 1 aromatic heterocycles. The second-order valence-corrected chi connectivity index (χ2v) is 5.30. The Morgan fingerprint density at radius 3 is 2.50 bits per heavy atom. The fraction of sp³-hybridized carbons (Fsp3) is 0.0909. The average Bonchev–Trinajstić information content (AvgIpc) is 2.42. The normalized spacial score (nSPS) is 10.2. The molecule has 0 saturated carbocycles. The van der Waals surface area contributed by atoms with Gasteiger partial charge in [-0.05, 0) is 31.9 Å². The van der Waals surface area contributed by atoms with Crippen molar-refractivity contribution in [1.82, 2.24) is 9.97 Å². The van der Waals surface area contributed by atoms with Crippen LogP contribution in [0.25, 0.3) is 0 Å². The van der Waals surface area contributed by atoms with Gasteiger partial charge in [-0.2, -0.15) is 4.98 Å². The molecule has 0 radical (unpaired) electrons. The summed E-state index contributed by atoms with van der Waals surface area (Å²) in [5.41, 5.74) is -0.0499. The number of nitrogens with one attached hydrogen (secondary N) is 1. The van der Waals surface area contributed by atoms with E-state index in [1.165, 1.54) is 18.3 Å². The summed E-state index contributed by atoms with van der Waals surface area (Å²) in [5, 5.41) is 13.6. The number of aromatic nitrogens is 2. The number of hydrogen-bond donors (Lipinski definition) is 1. The number of rotatable bonds is 4. The lowest BCUT2D eigenvalue weighted by atomic mass is 10.3. The summed E-state index contributed by atoms with van der Waals surface area (Å²) in [6.45, 7) is 0. The molecule has 0 aliphatic rings. The van der Waals surface area contributed by atoms with Crippen LogP contribution in [-0.2, 0) is 0 Å². The monoisotopic (exact) mass is 402 g/mol. The first-order chi connectivity index (χ1) is 9.51. The standard InChI is InChI=1S/C11H8Br2N4O3/c1-14-9-4-15-5-10(16-9)20-11-7(12)2-6(17(18)19)3-8(11)13/h2-5H,1H3,(H,14,16). The molecule has 0 atom stereocenters. The van der Waals surface area contributed by atoms with E-state index in [0.717, 1.165) is 0 Å². The third-order valence-corrected chi connectivity index (χ3v) is 3.45. The van der Waals surface area contributed by atoms with Gasteiger partial charge in [0, 0.05) is 19.2 Å². The van der Waals surface area contributed by atoms with Gasteiger partial charge in [-0.3, -0.25) is 15.1 Å². The molecule has 0 fully saturated rings. The van der Waals surface area contributed by atoms with Gasteiger partial charge in [0.15, 0.2) is 5.75 Å². The van der Waals surface area contributed by atoms with E-state index in [4.69, 9.17) is 4.74 Å². The predicted molar refractivity (Wildman–Crippen MR) is 80.1 cm³/mol. The van der Waals surface area contributed by atoms with Crippen LogP contribution in [0.2, 0.25) is 0 Å². The molecular weight excluding hydrogens is 396 g/mol. The molecule has 0 spiro atoms. The Bertz CT molecular complexity index is 643. The van der Waals surface area contributed by atoms with Crippen molar-refractivity contribution in [1.29, 1.82) is 0 Å². The van der Waals surface area contributed by atoms with Crippen molar-refractivity contribution >= 4 is 43.4 Å². The molecule has 9 heteroatoms. The summed E-state index contributed by atoms with van der Waals surface area (Å²) >= 11 is 6.47. The van der Waals surface area contributed by atoms with Crippen LogP contribution in [0.1, 0.15) is 0 Å². The zero-order chi connectivity index (χ0) is 14.7. The smallest absolute Gasteiger partial charge is 0.271 e. The maximum Gasteiger partial charge on any atom is 0.271 e. The fourth-order valence-electron chi connectivity index (χ4n) is 1.37. The topological polar surface area (TPSA) is 90.2 Å². The molecule has 7 nitrogen and oxygen atoms in total. The van der Waals surface area contributed by atoms with Crippen LogP contribution in [0.4, 0.5) is 11.5 Å². The van der Waals surface area contributed by atoms with Crippen molar-refractivity contribution in [3.63, 3.8) is 0 Å². The Morgan fingerprint density at radius 1 is 1.30 bits per heavy atom. The van der Waals surface area contributed by atoms with Gasteiger partial charge < -0.3 is 10.1 Å². The predicted octanol–water partition coefficient (Wildman–Crippen LogP) is 3.74. The Labute approximate surface area is 130 Å². The van der Waals surface area contributed by atoms with Gasteiger partial charge in [-0.1, -0.05) is 0 Å². The maximum atomic E-state index is 10.8. The number of nitro groups is 1. The number of benzene rings is 1. The SMILES string of the molecule is CNc1cncc(Oc2c(Br)cc([N+](=O)[O-])cc2Br)n1. The Kier molecular flexibility index (Phi) is 4.50. The van der Waals surface area contributed by atoms with Crippen LogP contribution in [0.3, 0.4) is 0 Å². The minimum atomic E-state index is -0.485. The summed E-state index contributed by atoms with van der Waals surface area (Å²) in [6.07, 6.45) is 2.99. The first-order valence-electron chi connectivity index (χ1n) is 5.32. The number of ether oxygens (including phenoxy) is 1. The van der Waals surface area contributed by atoms with E-state index < -0.39 is 4.92 Å². The number of hydrogen-bond acceptors (Lipinski definition) is 6. The van der Waals surface area contributed by atoms with Crippen LogP contribution in [-0.4, -0.2) is 21.9 Å². The lowest BCUT2D eigenvalue weighted by molar-refractivity contribution is -0.385. The van der Waals surface area contributed by atoms with Gasteiger partial charge in [0.2, 0.25) is 5.88 Å². The van der Waals surface area contributed by atoms with E-state index in [1.807, 2.05) is 0 Å². The van der Waals surface area contributed by atoms with E-state index in [-0.39, 0.29) is 11.6 Å². The van der Waals surface area contributed by atoms with E-state index in [9.17, 15) is 10.1 Å². The van der Waals surface area contributed by atoms with Crippen molar-refractivity contribution in [2.75, 3.05) is 12.4 Å². The van der Waals surface area contributed by atoms with E-state index >= 15 is 0 Å². The van der Waals surface area contributed by atoms with Crippen LogP contribution >= 0.6 is 31.9 Å². The van der Waals surface area contributed by atoms with Gasteiger partial charge in [0.1, 0.15) is 5.82 Å². The highest BCUT2D eigenvalue weighted by molar-refractivity contribution is 9.11. The average molecular weight is 404 g/mol. The number of anilines is 1. The summed E-state index contributed by atoms with van der Waals surface area (Å²) in [4.78, 5) is 18.4. The van der Waals surface area contributed by atoms with Crippen LogP contribution in [0.15, 0.2) is 33.5 Å². The molecular formula is C11H8Br2N4O3. The van der Waals surface area contributed by atoms with Crippen molar-refractivity contribution in [2.24, 2.45) is 0 Å². The molecule has 0 unspecified atom stereocenters. The quantitative estimate of drug-likeness (QED) is 0.617. The van der Waals surface area contributed by atoms with Gasteiger partial charge in [-0.25, -0.2) is 0 Å². The number of halogens is 2. The highest BCUT2D eigenvalue weighted by atomic mass is 79.9. The molecule has 2 rings (SSSR count). The van der Waals surface area contributed by atoms with Crippen molar-refractivity contribution < 1.29 is 9.66 Å². The fourth-order valence-corrected chi connectivity index (χ4v) is 2.70. The van der Waals surface area contributed by atoms with Crippen LogP contribution in [0, 0.1) is 10.1 Å². The van der Waals surface area contributed by atoms with Crippen LogP contribution < -0.4 is 10.1 Å². The minimum Gasteiger partial charge on any atom is -0.435 e. The molecule has 0 aliphatic carbocycles. The molecule has 0 aliphatic heterocycles. The molecule has 0 amide bonds. The summed E-state index contributed by atoms with van der Waals surface area (Å²) in [6, 6.07) is 2.71. The Balaban J connectivity index is 2.36. The maximum absolute atomic E-state index is 10.8. The number of non-ortho nitro benzene ring substituents is 1. The molecule has 1 heterocycles. The van der Waals surface area contributed by atoms with E-state index in [2.05, 4.69) is 47.1 Å². The van der Waals surface area contributed by atoms with Gasteiger partial charge in [0.25, 0.3) is 5.69 Å². The Morgan fingerprint density at radius 2 is 1.95 bits per heavy atom. The highest BCUT2D eigenvalue weighted by Gasteiger charge is 2.16. The third-order valence-electron chi connectivity index (χ3n) is 2.27. The Hall–Kier alpha value is -1.74. The summed E-state index contributed by atoms with van der Waals surface area (Å²) < 4.78 is 6.47. The molecule has 2 aromatic rings. The minimum absolute atomic E-state index is 0.0499. The lowest BCUT2D eigenvalue weighted by Gasteiger charge is -2.09. The zero-order valence-electron chi connectivity index (χ0n) is 10.1. The van der Waals surface area contributed by atoms with Crippen molar-refractivity contribution in [3.8, 4) is 11.6 Å². The summed E-state index contributed by atoms with van der Waals surface area (Å²) in [7, 11) is 1.71. The van der Waals surface area contributed by atoms with Crippen LogP contribution in [0.5, 0.6) is 11.6 Å². The summed E-state index contributed by atoms with van der Waals surface area (Å²) in [5.74, 6) is 1.21. The van der Waals surface area contributed by atoms with Crippen molar-refractivity contribution in [2.45, 2.75) is 0 Å². The molecule has 104 valence electrons. The number of nitrogens with zero attached hydrogens (tertiary/aromatic N) is 3. The second kappa shape index (κ2) is 6.14. The third kappa shape index (κ3) is 3.23. The second-order valence-electron chi connectivity index (χ2n) is 3.59. The van der Waals surface area contributed by atoms with Crippen molar-refractivity contribution in [3.05, 3.63) is 43.6 Å². The lowest BCUT2D eigenvalue weighted by Crippen LogP contribution is -1.97. The zero-order valence-corrected chi connectivity index (χ0v) is 13.3. The van der Waals surface area contributed by atoms with E-state index in [0.29, 0.717) is 20.5 Å². The van der Waals surface area contributed by atoms with E-state index in [1.54, 1.807) is 13.2 Å². The van der Waals surface area contributed by atoms with Gasteiger partial charge >= 0.3 is 0 Å². The first kappa shape index (κ1) is 14.7. The van der Waals surface area contributed by atoms with Gasteiger partial charge in [-0.15, -0.1) is 0 Å².